The molecule has 0 spiro atoms. The number of fused-ring (bicyclic) bond motifs is 3. The van der Waals surface area contributed by atoms with Crippen molar-refractivity contribution in [2.75, 3.05) is 11.4 Å². The van der Waals surface area contributed by atoms with Gasteiger partial charge >= 0.3 is 0 Å². The highest BCUT2D eigenvalue weighted by molar-refractivity contribution is 5.56. The Morgan fingerprint density at radius 1 is 0.950 bits per heavy atom. The highest BCUT2D eigenvalue weighted by Gasteiger charge is 2.35. The highest BCUT2D eigenvalue weighted by atomic mass is 15.4. The van der Waals surface area contributed by atoms with Crippen molar-refractivity contribution >= 4 is 5.69 Å². The van der Waals surface area contributed by atoms with Crippen LogP contribution in [0.3, 0.4) is 0 Å². The van der Waals surface area contributed by atoms with E-state index in [1.165, 1.54) is 36.2 Å². The minimum atomic E-state index is 0.588. The van der Waals surface area contributed by atoms with E-state index >= 15 is 0 Å². The highest BCUT2D eigenvalue weighted by Crippen LogP contribution is 2.36. The second-order valence-corrected chi connectivity index (χ2v) is 5.84. The van der Waals surface area contributed by atoms with Gasteiger partial charge in [-0.3, -0.25) is 4.90 Å². The molecular formula is C18H20N2. The quantitative estimate of drug-likeness (QED) is 0.817. The summed E-state index contributed by atoms with van der Waals surface area (Å²) in [6.45, 7) is 3.33. The molecule has 1 fully saturated rings. The van der Waals surface area contributed by atoms with Crippen LogP contribution in [0.15, 0.2) is 54.6 Å². The molecule has 0 N–H and O–H groups in total. The monoisotopic (exact) mass is 264 g/mol. The largest absolute Gasteiger partial charge is 0.355 e. The zero-order valence-corrected chi connectivity index (χ0v) is 11.7. The van der Waals surface area contributed by atoms with Gasteiger partial charge in [-0.1, -0.05) is 48.5 Å². The molecule has 2 nitrogen and oxygen atoms in total. The SMILES string of the molecule is c1ccc(CN2Cc3ccccc3N3CCC[C@@H]23)cc1. The molecule has 0 unspecified atom stereocenters. The first-order valence-corrected chi connectivity index (χ1v) is 7.54. The fourth-order valence-corrected chi connectivity index (χ4v) is 3.64. The minimum Gasteiger partial charge on any atom is -0.355 e. The number of rotatable bonds is 2. The molecule has 0 aliphatic carbocycles. The molecule has 0 amide bonds. The Morgan fingerprint density at radius 2 is 1.75 bits per heavy atom. The number of hydrogen-bond donors (Lipinski definition) is 0. The van der Waals surface area contributed by atoms with Gasteiger partial charge in [-0.15, -0.1) is 0 Å². The molecule has 1 atom stereocenters. The van der Waals surface area contributed by atoms with Gasteiger partial charge in [-0.05, 0) is 30.0 Å². The van der Waals surface area contributed by atoms with E-state index in [1.54, 1.807) is 0 Å². The Morgan fingerprint density at radius 3 is 2.65 bits per heavy atom. The summed E-state index contributed by atoms with van der Waals surface area (Å²) in [5.74, 6) is 0. The molecule has 0 aromatic heterocycles. The topological polar surface area (TPSA) is 6.48 Å². The Kier molecular flexibility index (Phi) is 2.96. The minimum absolute atomic E-state index is 0.588. The summed E-state index contributed by atoms with van der Waals surface area (Å²) >= 11 is 0. The Labute approximate surface area is 120 Å². The third-order valence-electron chi connectivity index (χ3n) is 4.55. The van der Waals surface area contributed by atoms with Gasteiger partial charge in [0.1, 0.15) is 0 Å². The van der Waals surface area contributed by atoms with Gasteiger partial charge in [-0.2, -0.15) is 0 Å². The van der Waals surface area contributed by atoms with E-state index < -0.39 is 0 Å². The summed E-state index contributed by atoms with van der Waals surface area (Å²) in [6.07, 6.45) is 3.19. The van der Waals surface area contributed by atoms with E-state index in [-0.39, 0.29) is 0 Å². The van der Waals surface area contributed by atoms with Crippen molar-refractivity contribution in [1.29, 1.82) is 0 Å². The summed E-state index contributed by atoms with van der Waals surface area (Å²) in [7, 11) is 0. The van der Waals surface area contributed by atoms with Crippen molar-refractivity contribution in [3.8, 4) is 0 Å². The van der Waals surface area contributed by atoms with E-state index in [0.717, 1.165) is 13.1 Å². The number of benzene rings is 2. The molecule has 2 heterocycles. The molecule has 2 aliphatic rings. The lowest BCUT2D eigenvalue weighted by molar-refractivity contribution is 0.172. The lowest BCUT2D eigenvalue weighted by Crippen LogP contribution is -2.47. The number of nitrogens with zero attached hydrogens (tertiary/aromatic N) is 2. The van der Waals surface area contributed by atoms with Gasteiger partial charge in [0.25, 0.3) is 0 Å². The molecule has 4 rings (SSSR count). The van der Waals surface area contributed by atoms with Crippen molar-refractivity contribution in [3.63, 3.8) is 0 Å². The number of hydrogen-bond acceptors (Lipinski definition) is 2. The van der Waals surface area contributed by atoms with Crippen molar-refractivity contribution in [1.82, 2.24) is 4.90 Å². The Bertz CT molecular complexity index is 593. The lowest BCUT2D eigenvalue weighted by atomic mass is 10.1. The van der Waals surface area contributed by atoms with E-state index in [9.17, 15) is 0 Å². The maximum atomic E-state index is 2.63. The van der Waals surface area contributed by atoms with Crippen LogP contribution in [-0.2, 0) is 13.1 Å². The summed E-state index contributed by atoms with van der Waals surface area (Å²) in [5.41, 5.74) is 4.35. The fraction of sp³-hybridized carbons (Fsp3) is 0.333. The third kappa shape index (κ3) is 2.01. The molecule has 1 saturated heterocycles. The van der Waals surface area contributed by atoms with Crippen molar-refractivity contribution < 1.29 is 0 Å². The summed E-state index contributed by atoms with van der Waals surface area (Å²) in [6, 6.07) is 19.7. The number of para-hydroxylation sites is 1. The predicted octanol–water partition coefficient (Wildman–Crippen LogP) is 3.63. The average Bonchev–Trinajstić information content (AvgIpc) is 2.98. The molecule has 2 aromatic carbocycles. The average molecular weight is 264 g/mol. The van der Waals surface area contributed by atoms with Crippen molar-refractivity contribution in [2.24, 2.45) is 0 Å². The first kappa shape index (κ1) is 12.0. The van der Waals surface area contributed by atoms with E-state index in [1.807, 2.05) is 0 Å². The van der Waals surface area contributed by atoms with Crippen LogP contribution < -0.4 is 4.90 Å². The van der Waals surface area contributed by atoms with Crippen LogP contribution in [0.25, 0.3) is 0 Å². The zero-order chi connectivity index (χ0) is 13.4. The lowest BCUT2D eigenvalue weighted by Gasteiger charge is -2.42. The van der Waals surface area contributed by atoms with Gasteiger partial charge in [0.15, 0.2) is 0 Å². The zero-order valence-electron chi connectivity index (χ0n) is 11.7. The molecule has 20 heavy (non-hydrogen) atoms. The van der Waals surface area contributed by atoms with Crippen LogP contribution in [0.5, 0.6) is 0 Å². The van der Waals surface area contributed by atoms with Gasteiger partial charge in [-0.25, -0.2) is 0 Å². The van der Waals surface area contributed by atoms with Crippen LogP contribution in [0.2, 0.25) is 0 Å². The van der Waals surface area contributed by atoms with Gasteiger partial charge < -0.3 is 4.90 Å². The summed E-state index contributed by atoms with van der Waals surface area (Å²) in [4.78, 5) is 5.23. The van der Waals surface area contributed by atoms with E-state index in [0.29, 0.717) is 6.17 Å². The standard InChI is InChI=1S/C18H20N2/c1-2-7-15(8-3-1)13-19-14-16-9-4-5-10-17(16)20-12-6-11-18(19)20/h1-5,7-10,18H,6,11-14H2/t18-/m0/s1. The first-order valence-electron chi connectivity index (χ1n) is 7.54. The van der Waals surface area contributed by atoms with Gasteiger partial charge in [0.2, 0.25) is 0 Å². The normalized spacial score (nSPS) is 21.6. The second-order valence-electron chi connectivity index (χ2n) is 5.84. The summed E-state index contributed by atoms with van der Waals surface area (Å²) in [5, 5.41) is 0. The van der Waals surface area contributed by atoms with Crippen LogP contribution in [0, 0.1) is 0 Å². The molecule has 0 bridgehead atoms. The molecule has 2 heteroatoms. The summed E-state index contributed by atoms with van der Waals surface area (Å²) < 4.78 is 0. The number of anilines is 1. The molecular weight excluding hydrogens is 244 g/mol. The Hall–Kier alpha value is -1.80. The first-order chi connectivity index (χ1) is 9.92. The third-order valence-corrected chi connectivity index (χ3v) is 4.55. The second kappa shape index (κ2) is 4.95. The Balaban J connectivity index is 1.65. The van der Waals surface area contributed by atoms with Crippen LogP contribution in [0.4, 0.5) is 5.69 Å². The van der Waals surface area contributed by atoms with Crippen LogP contribution in [-0.4, -0.2) is 17.6 Å². The molecule has 2 aromatic rings. The van der Waals surface area contributed by atoms with Crippen LogP contribution >= 0.6 is 0 Å². The predicted molar refractivity (Wildman–Crippen MR) is 82.5 cm³/mol. The van der Waals surface area contributed by atoms with E-state index in [4.69, 9.17) is 0 Å². The molecule has 102 valence electrons. The van der Waals surface area contributed by atoms with E-state index in [2.05, 4.69) is 64.4 Å². The van der Waals surface area contributed by atoms with Crippen LogP contribution in [0.1, 0.15) is 24.0 Å². The maximum absolute atomic E-state index is 2.63. The maximum Gasteiger partial charge on any atom is 0.0827 e. The smallest absolute Gasteiger partial charge is 0.0827 e. The van der Waals surface area contributed by atoms with Gasteiger partial charge in [0, 0.05) is 25.3 Å². The van der Waals surface area contributed by atoms with Crippen molar-refractivity contribution in [3.05, 3.63) is 65.7 Å². The molecule has 0 saturated carbocycles. The molecule has 0 radical (unpaired) electrons. The van der Waals surface area contributed by atoms with Crippen molar-refractivity contribution in [2.45, 2.75) is 32.1 Å². The fourth-order valence-electron chi connectivity index (χ4n) is 3.64. The molecule has 2 aliphatic heterocycles. The van der Waals surface area contributed by atoms with Gasteiger partial charge in [0.05, 0.1) is 6.17 Å².